The number of hydrogen-bond acceptors (Lipinski definition) is 2. The summed E-state index contributed by atoms with van der Waals surface area (Å²) in [5.74, 6) is 0.734. The van der Waals surface area contributed by atoms with Gasteiger partial charge in [0.1, 0.15) is 0 Å². The van der Waals surface area contributed by atoms with E-state index >= 15 is 0 Å². The second-order valence-electron chi connectivity index (χ2n) is 6.85. The molecule has 1 N–H and O–H groups in total. The van der Waals surface area contributed by atoms with Gasteiger partial charge in [-0.3, -0.25) is 9.69 Å². The number of likely N-dealkylation sites (tertiary alicyclic amines) is 1. The number of benzene rings is 1. The number of aryl methyl sites for hydroxylation is 1. The molecule has 0 spiro atoms. The van der Waals surface area contributed by atoms with Crippen LogP contribution in [0, 0.1) is 12.8 Å². The highest BCUT2D eigenvalue weighted by Gasteiger charge is 2.22. The second-order valence-corrected chi connectivity index (χ2v) is 6.85. The molecule has 24 heavy (non-hydrogen) atoms. The van der Waals surface area contributed by atoms with Crippen molar-refractivity contribution in [3.05, 3.63) is 59.4 Å². The number of nitrogens with zero attached hydrogens (tertiary/aromatic N) is 2. The Morgan fingerprint density at radius 2 is 2.04 bits per heavy atom. The van der Waals surface area contributed by atoms with Gasteiger partial charge in [-0.05, 0) is 43.9 Å². The van der Waals surface area contributed by atoms with Crippen molar-refractivity contribution in [2.24, 2.45) is 13.0 Å². The average Bonchev–Trinajstić information content (AvgIpc) is 3.16. The summed E-state index contributed by atoms with van der Waals surface area (Å²) in [6, 6.07) is 12.5. The number of hydrogen-bond donors (Lipinski definition) is 1. The number of rotatable bonds is 6. The first-order chi connectivity index (χ1) is 11.6. The Kier molecular flexibility index (Phi) is 5.36. The van der Waals surface area contributed by atoms with Crippen LogP contribution in [0.25, 0.3) is 0 Å². The van der Waals surface area contributed by atoms with E-state index in [0.29, 0.717) is 5.92 Å². The largest absolute Gasteiger partial charge is 0.354 e. The molecule has 1 fully saturated rings. The first kappa shape index (κ1) is 16.8. The molecular formula is C20H27N3O. The lowest BCUT2D eigenvalue weighted by Crippen LogP contribution is -2.27. The van der Waals surface area contributed by atoms with E-state index in [1.165, 1.54) is 12.0 Å². The minimum absolute atomic E-state index is 0.0484. The van der Waals surface area contributed by atoms with E-state index in [4.69, 9.17) is 0 Å². The minimum Gasteiger partial charge on any atom is -0.354 e. The third-order valence-corrected chi connectivity index (χ3v) is 5.09. The Morgan fingerprint density at radius 3 is 2.75 bits per heavy atom. The molecule has 1 atom stereocenters. The summed E-state index contributed by atoms with van der Waals surface area (Å²) in [7, 11) is 1.96. The molecule has 1 aromatic heterocycles. The van der Waals surface area contributed by atoms with Gasteiger partial charge in [-0.2, -0.15) is 0 Å². The fourth-order valence-electron chi connectivity index (χ4n) is 3.47. The predicted molar refractivity (Wildman–Crippen MR) is 96.9 cm³/mol. The van der Waals surface area contributed by atoms with E-state index in [9.17, 15) is 4.79 Å². The van der Waals surface area contributed by atoms with Gasteiger partial charge in [0, 0.05) is 38.6 Å². The molecule has 1 aliphatic rings. The highest BCUT2D eigenvalue weighted by Crippen LogP contribution is 2.21. The van der Waals surface area contributed by atoms with Crippen LogP contribution in [-0.4, -0.2) is 35.0 Å². The molecule has 1 amide bonds. The molecule has 3 rings (SSSR count). The third kappa shape index (κ3) is 4.06. The fraction of sp³-hybridized carbons (Fsp3) is 0.450. The van der Waals surface area contributed by atoms with Crippen molar-refractivity contribution in [3.8, 4) is 0 Å². The van der Waals surface area contributed by atoms with Crippen LogP contribution in [0.1, 0.15) is 34.5 Å². The molecule has 4 nitrogen and oxygen atoms in total. The number of aromatic nitrogens is 1. The van der Waals surface area contributed by atoms with Crippen LogP contribution in [0.5, 0.6) is 0 Å². The molecule has 0 aliphatic carbocycles. The van der Waals surface area contributed by atoms with Crippen molar-refractivity contribution in [1.29, 1.82) is 0 Å². The lowest BCUT2D eigenvalue weighted by molar-refractivity contribution is 0.0950. The van der Waals surface area contributed by atoms with E-state index in [1.807, 2.05) is 30.8 Å². The highest BCUT2D eigenvalue weighted by molar-refractivity contribution is 5.95. The van der Waals surface area contributed by atoms with Crippen LogP contribution in [0.2, 0.25) is 0 Å². The van der Waals surface area contributed by atoms with Gasteiger partial charge in [0.15, 0.2) is 0 Å². The lowest BCUT2D eigenvalue weighted by Gasteiger charge is -2.16. The van der Waals surface area contributed by atoms with Crippen molar-refractivity contribution >= 4 is 5.91 Å². The van der Waals surface area contributed by atoms with Crippen LogP contribution < -0.4 is 5.32 Å². The van der Waals surface area contributed by atoms with E-state index in [-0.39, 0.29) is 5.91 Å². The lowest BCUT2D eigenvalue weighted by atomic mass is 10.1. The van der Waals surface area contributed by atoms with Crippen molar-refractivity contribution in [3.63, 3.8) is 0 Å². The van der Waals surface area contributed by atoms with Gasteiger partial charge in [-0.25, -0.2) is 0 Å². The maximum absolute atomic E-state index is 12.2. The van der Waals surface area contributed by atoms with Gasteiger partial charge in [-0.15, -0.1) is 0 Å². The van der Waals surface area contributed by atoms with Crippen LogP contribution in [-0.2, 0) is 13.6 Å². The van der Waals surface area contributed by atoms with E-state index in [1.54, 1.807) is 0 Å². The first-order valence-electron chi connectivity index (χ1n) is 8.80. The summed E-state index contributed by atoms with van der Waals surface area (Å²) in [6.07, 6.45) is 4.22. The molecule has 0 unspecified atom stereocenters. The Hall–Kier alpha value is -2.07. The number of nitrogens with one attached hydrogen (secondary N) is 1. The average molecular weight is 325 g/mol. The number of carbonyl (C=O) groups excluding carboxylic acids is 1. The summed E-state index contributed by atoms with van der Waals surface area (Å²) in [5, 5.41) is 3.07. The first-order valence-corrected chi connectivity index (χ1v) is 8.80. The summed E-state index contributed by atoms with van der Waals surface area (Å²) >= 11 is 0. The van der Waals surface area contributed by atoms with Gasteiger partial charge in [0.25, 0.3) is 5.91 Å². The van der Waals surface area contributed by atoms with Crippen LogP contribution in [0.4, 0.5) is 0 Å². The molecule has 0 saturated carbocycles. The van der Waals surface area contributed by atoms with Crippen molar-refractivity contribution < 1.29 is 4.79 Å². The molecule has 1 saturated heterocycles. The molecule has 1 aliphatic heterocycles. The molecule has 2 heterocycles. The number of amides is 1. The van der Waals surface area contributed by atoms with Gasteiger partial charge in [-0.1, -0.05) is 30.3 Å². The molecule has 4 heteroatoms. The second kappa shape index (κ2) is 7.67. The highest BCUT2D eigenvalue weighted by atomic mass is 16.1. The molecule has 2 aromatic rings. The summed E-state index contributed by atoms with van der Waals surface area (Å²) in [6.45, 7) is 6.07. The smallest absolute Gasteiger partial charge is 0.253 e. The maximum Gasteiger partial charge on any atom is 0.253 e. The number of carbonyl (C=O) groups is 1. The van der Waals surface area contributed by atoms with E-state index < -0.39 is 0 Å². The quantitative estimate of drug-likeness (QED) is 0.886. The Bertz CT molecular complexity index is 677. The molecular weight excluding hydrogens is 298 g/mol. The predicted octanol–water partition coefficient (Wildman–Crippen LogP) is 2.98. The minimum atomic E-state index is 0.0484. The Morgan fingerprint density at radius 1 is 1.25 bits per heavy atom. The van der Waals surface area contributed by atoms with Gasteiger partial charge in [0.05, 0.1) is 5.56 Å². The van der Waals surface area contributed by atoms with Crippen LogP contribution in [0.15, 0.2) is 42.6 Å². The molecule has 0 bridgehead atoms. The van der Waals surface area contributed by atoms with Crippen LogP contribution >= 0.6 is 0 Å². The van der Waals surface area contributed by atoms with E-state index in [2.05, 4.69) is 40.5 Å². The SMILES string of the molecule is Cc1c(C(=O)NCC[C@H]2CCN(Cc3ccccc3)C2)ccn1C. The monoisotopic (exact) mass is 325 g/mol. The fourth-order valence-corrected chi connectivity index (χ4v) is 3.47. The van der Waals surface area contributed by atoms with Gasteiger partial charge < -0.3 is 9.88 Å². The molecule has 0 radical (unpaired) electrons. The zero-order valence-electron chi connectivity index (χ0n) is 14.7. The summed E-state index contributed by atoms with van der Waals surface area (Å²) in [4.78, 5) is 14.7. The summed E-state index contributed by atoms with van der Waals surface area (Å²) < 4.78 is 1.98. The maximum atomic E-state index is 12.2. The molecule has 1 aromatic carbocycles. The van der Waals surface area contributed by atoms with Crippen LogP contribution in [0.3, 0.4) is 0 Å². The molecule has 128 valence electrons. The Balaban J connectivity index is 1.40. The standard InChI is InChI=1S/C20H27N3O/c1-16-19(10-12-22(16)2)20(24)21-11-8-18-9-13-23(15-18)14-17-6-4-3-5-7-17/h3-7,10,12,18H,8-9,11,13-15H2,1-2H3,(H,21,24)/t18-/m0/s1. The zero-order chi connectivity index (χ0) is 16.9. The van der Waals surface area contributed by atoms with Gasteiger partial charge >= 0.3 is 0 Å². The van der Waals surface area contributed by atoms with E-state index in [0.717, 1.165) is 43.9 Å². The van der Waals surface area contributed by atoms with Crippen molar-refractivity contribution in [2.45, 2.75) is 26.3 Å². The third-order valence-electron chi connectivity index (χ3n) is 5.09. The van der Waals surface area contributed by atoms with Crippen molar-refractivity contribution in [2.75, 3.05) is 19.6 Å². The topological polar surface area (TPSA) is 37.3 Å². The van der Waals surface area contributed by atoms with Gasteiger partial charge in [0.2, 0.25) is 0 Å². The van der Waals surface area contributed by atoms with Crippen molar-refractivity contribution in [1.82, 2.24) is 14.8 Å². The Labute approximate surface area is 144 Å². The zero-order valence-corrected chi connectivity index (χ0v) is 14.7. The summed E-state index contributed by atoms with van der Waals surface area (Å²) in [5.41, 5.74) is 3.18. The normalized spacial score (nSPS) is 18.0.